The molecule has 4 N–H and O–H groups in total. The fourth-order valence-electron chi connectivity index (χ4n) is 3.09. The molecule has 1 aliphatic rings. The number of carbonyl (C=O) groups is 1. The number of nitrogens with two attached hydrogens (primary N) is 1. The molecule has 1 aromatic carbocycles. The third-order valence-corrected chi connectivity index (χ3v) is 5.64. The number of hydrogen-bond donors (Lipinski definition) is 3. The summed E-state index contributed by atoms with van der Waals surface area (Å²) in [4.78, 5) is 25.0. The van der Waals surface area contributed by atoms with E-state index in [2.05, 4.69) is 25.6 Å². The standard InChI is InChI=1S/C19H26N6OS/c1-13(27-12-16(26)21-14-8-4-2-5-9-14)17-23-18(20)25-19(24-17)22-15-10-6-3-7-11-15/h3,6-7,10-11,13-14H,2,4-5,8-9,12H2,1H3,(H,21,26)(H3,20,22,23,24,25). The fraction of sp³-hybridized carbons (Fsp3) is 0.474. The van der Waals surface area contributed by atoms with Gasteiger partial charge in [-0.05, 0) is 31.9 Å². The van der Waals surface area contributed by atoms with E-state index in [1.807, 2.05) is 37.3 Å². The Labute approximate surface area is 164 Å². The van der Waals surface area contributed by atoms with E-state index in [-0.39, 0.29) is 17.1 Å². The second-order valence-electron chi connectivity index (χ2n) is 6.72. The minimum Gasteiger partial charge on any atom is -0.368 e. The van der Waals surface area contributed by atoms with Crippen LogP contribution in [0.1, 0.15) is 50.1 Å². The lowest BCUT2D eigenvalue weighted by atomic mass is 9.95. The lowest BCUT2D eigenvalue weighted by Crippen LogP contribution is -2.37. The smallest absolute Gasteiger partial charge is 0.232 e. The third kappa shape index (κ3) is 6.09. The minimum atomic E-state index is -0.0660. The van der Waals surface area contributed by atoms with Crippen LogP contribution in [0.3, 0.4) is 0 Å². The molecule has 0 aliphatic heterocycles. The molecule has 1 atom stereocenters. The first kappa shape index (κ1) is 19.4. The van der Waals surface area contributed by atoms with Crippen molar-refractivity contribution in [3.63, 3.8) is 0 Å². The van der Waals surface area contributed by atoms with E-state index in [1.54, 1.807) is 0 Å². The molecule has 1 aliphatic carbocycles. The molecule has 1 saturated carbocycles. The Morgan fingerprint density at radius 2 is 1.93 bits per heavy atom. The van der Waals surface area contributed by atoms with Crippen molar-refractivity contribution in [2.45, 2.75) is 50.3 Å². The SMILES string of the molecule is CC(SCC(=O)NC1CCCCC1)c1nc(N)nc(Nc2ccccc2)n1. The number of thioether (sulfide) groups is 1. The second kappa shape index (κ2) is 9.55. The normalized spacial score (nSPS) is 15.9. The molecule has 27 heavy (non-hydrogen) atoms. The van der Waals surface area contributed by atoms with E-state index in [9.17, 15) is 4.79 Å². The van der Waals surface area contributed by atoms with Gasteiger partial charge >= 0.3 is 0 Å². The van der Waals surface area contributed by atoms with E-state index < -0.39 is 0 Å². The van der Waals surface area contributed by atoms with Crippen LogP contribution in [0, 0.1) is 0 Å². The van der Waals surface area contributed by atoms with Gasteiger partial charge in [0.15, 0.2) is 0 Å². The molecule has 1 unspecified atom stereocenters. The molecule has 1 heterocycles. The maximum atomic E-state index is 12.2. The number of rotatable bonds is 7. The van der Waals surface area contributed by atoms with Crippen LogP contribution >= 0.6 is 11.8 Å². The Balaban J connectivity index is 1.55. The highest BCUT2D eigenvalue weighted by molar-refractivity contribution is 8.00. The molecule has 144 valence electrons. The summed E-state index contributed by atoms with van der Waals surface area (Å²) in [6.07, 6.45) is 5.86. The lowest BCUT2D eigenvalue weighted by Gasteiger charge is -2.22. The van der Waals surface area contributed by atoms with E-state index in [0.717, 1.165) is 18.5 Å². The van der Waals surface area contributed by atoms with Crippen molar-refractivity contribution >= 4 is 35.3 Å². The van der Waals surface area contributed by atoms with Crippen molar-refractivity contribution in [2.24, 2.45) is 0 Å². The first-order valence-electron chi connectivity index (χ1n) is 9.34. The van der Waals surface area contributed by atoms with Crippen molar-refractivity contribution in [3.05, 3.63) is 36.2 Å². The maximum Gasteiger partial charge on any atom is 0.232 e. The Morgan fingerprint density at radius 1 is 1.19 bits per heavy atom. The van der Waals surface area contributed by atoms with Crippen molar-refractivity contribution in [1.82, 2.24) is 20.3 Å². The first-order chi connectivity index (χ1) is 13.1. The number of nitrogens with one attached hydrogen (secondary N) is 2. The summed E-state index contributed by atoms with van der Waals surface area (Å²) in [7, 11) is 0. The molecule has 1 aromatic heterocycles. The Bertz CT molecular complexity index is 751. The third-order valence-electron chi connectivity index (χ3n) is 4.50. The topological polar surface area (TPSA) is 106 Å². The monoisotopic (exact) mass is 386 g/mol. The largest absolute Gasteiger partial charge is 0.368 e. The van der Waals surface area contributed by atoms with Crippen molar-refractivity contribution in [1.29, 1.82) is 0 Å². The summed E-state index contributed by atoms with van der Waals surface area (Å²) in [6.45, 7) is 1.97. The number of benzene rings is 1. The van der Waals surface area contributed by atoms with Crippen molar-refractivity contribution in [3.8, 4) is 0 Å². The summed E-state index contributed by atoms with van der Waals surface area (Å²) < 4.78 is 0. The molecule has 1 fully saturated rings. The van der Waals surface area contributed by atoms with Crippen LogP contribution in [0.4, 0.5) is 17.6 Å². The van der Waals surface area contributed by atoms with E-state index in [1.165, 1.54) is 31.0 Å². The van der Waals surface area contributed by atoms with Crippen LogP contribution in [0.15, 0.2) is 30.3 Å². The molecule has 0 spiro atoms. The van der Waals surface area contributed by atoms with Gasteiger partial charge in [0, 0.05) is 11.7 Å². The van der Waals surface area contributed by atoms with Crippen LogP contribution in [0.5, 0.6) is 0 Å². The van der Waals surface area contributed by atoms with Gasteiger partial charge in [-0.25, -0.2) is 0 Å². The summed E-state index contributed by atoms with van der Waals surface area (Å²) in [5, 5.41) is 6.19. The van der Waals surface area contributed by atoms with E-state index in [0.29, 0.717) is 23.6 Å². The molecule has 7 nitrogen and oxygen atoms in total. The highest BCUT2D eigenvalue weighted by Crippen LogP contribution is 2.27. The second-order valence-corrected chi connectivity index (χ2v) is 8.05. The minimum absolute atomic E-state index is 0.0660. The van der Waals surface area contributed by atoms with Gasteiger partial charge in [-0.1, -0.05) is 37.5 Å². The predicted molar refractivity (Wildman–Crippen MR) is 110 cm³/mol. The Hall–Kier alpha value is -2.35. The molecule has 0 bridgehead atoms. The van der Waals surface area contributed by atoms with Gasteiger partial charge in [0.25, 0.3) is 0 Å². The van der Waals surface area contributed by atoms with Gasteiger partial charge in [-0.2, -0.15) is 15.0 Å². The van der Waals surface area contributed by atoms with Gasteiger partial charge in [-0.15, -0.1) is 11.8 Å². The van der Waals surface area contributed by atoms with Crippen LogP contribution in [-0.4, -0.2) is 32.7 Å². The van der Waals surface area contributed by atoms with E-state index in [4.69, 9.17) is 5.73 Å². The molecule has 8 heteroatoms. The molecule has 3 rings (SSSR count). The predicted octanol–water partition coefficient (Wildman–Crippen LogP) is 3.44. The summed E-state index contributed by atoms with van der Waals surface area (Å²) in [6, 6.07) is 9.97. The van der Waals surface area contributed by atoms with Crippen molar-refractivity contribution in [2.75, 3.05) is 16.8 Å². The zero-order valence-electron chi connectivity index (χ0n) is 15.5. The van der Waals surface area contributed by atoms with Crippen LogP contribution in [0.25, 0.3) is 0 Å². The molecular formula is C19H26N6OS. The molecule has 0 radical (unpaired) electrons. The number of hydrogen-bond acceptors (Lipinski definition) is 7. The number of carbonyl (C=O) groups excluding carboxylic acids is 1. The Kier molecular flexibility index (Phi) is 6.86. The molecular weight excluding hydrogens is 360 g/mol. The summed E-state index contributed by atoms with van der Waals surface area (Å²) in [5.41, 5.74) is 6.72. The zero-order chi connectivity index (χ0) is 19.1. The number of para-hydroxylation sites is 1. The van der Waals surface area contributed by atoms with Gasteiger partial charge in [-0.3, -0.25) is 4.79 Å². The highest BCUT2D eigenvalue weighted by atomic mass is 32.2. The van der Waals surface area contributed by atoms with Gasteiger partial charge in [0.05, 0.1) is 11.0 Å². The zero-order valence-corrected chi connectivity index (χ0v) is 16.3. The fourth-order valence-corrected chi connectivity index (χ4v) is 3.83. The number of nitrogens with zero attached hydrogens (tertiary/aromatic N) is 3. The first-order valence-corrected chi connectivity index (χ1v) is 10.4. The molecule has 1 amide bonds. The lowest BCUT2D eigenvalue weighted by molar-refractivity contribution is -0.119. The average molecular weight is 387 g/mol. The van der Waals surface area contributed by atoms with Gasteiger partial charge in [0.1, 0.15) is 5.82 Å². The number of anilines is 3. The maximum absolute atomic E-state index is 12.2. The van der Waals surface area contributed by atoms with Crippen LogP contribution in [0.2, 0.25) is 0 Å². The van der Waals surface area contributed by atoms with Gasteiger partial charge in [0.2, 0.25) is 17.8 Å². The number of aromatic nitrogens is 3. The number of amides is 1. The molecule has 0 saturated heterocycles. The van der Waals surface area contributed by atoms with Crippen molar-refractivity contribution < 1.29 is 4.79 Å². The van der Waals surface area contributed by atoms with Crippen LogP contribution < -0.4 is 16.4 Å². The average Bonchev–Trinajstić information content (AvgIpc) is 2.67. The summed E-state index contributed by atoms with van der Waals surface area (Å²) >= 11 is 1.50. The van der Waals surface area contributed by atoms with Gasteiger partial charge < -0.3 is 16.4 Å². The number of nitrogen functional groups attached to an aromatic ring is 1. The van der Waals surface area contributed by atoms with E-state index >= 15 is 0 Å². The summed E-state index contributed by atoms with van der Waals surface area (Å²) in [5.74, 6) is 1.59. The van der Waals surface area contributed by atoms with Crippen LogP contribution in [-0.2, 0) is 4.79 Å². The molecule has 2 aromatic rings. The quantitative estimate of drug-likeness (QED) is 0.669. The Morgan fingerprint density at radius 3 is 2.67 bits per heavy atom. The highest BCUT2D eigenvalue weighted by Gasteiger charge is 2.18.